The summed E-state index contributed by atoms with van der Waals surface area (Å²) in [7, 11) is 0. The van der Waals surface area contributed by atoms with E-state index in [9.17, 15) is 4.79 Å². The maximum absolute atomic E-state index is 12.6. The minimum absolute atomic E-state index is 0. The Morgan fingerprint density at radius 2 is 1.79 bits per heavy atom. The van der Waals surface area contributed by atoms with Crippen LogP contribution in [0.25, 0.3) is 0 Å². The molecule has 0 saturated carbocycles. The monoisotopic (exact) mass is 313 g/mol. The van der Waals surface area contributed by atoms with Gasteiger partial charge in [-0.05, 0) is 38.6 Å². The molecule has 2 unspecified atom stereocenters. The van der Waals surface area contributed by atoms with E-state index in [1.165, 1.54) is 0 Å². The van der Waals surface area contributed by atoms with Gasteiger partial charge in [0.05, 0.1) is 5.41 Å². The highest BCUT2D eigenvalue weighted by atomic mass is 35.5. The van der Waals surface area contributed by atoms with E-state index < -0.39 is 0 Å². The lowest BCUT2D eigenvalue weighted by molar-refractivity contribution is -0.142. The second-order valence-electron chi connectivity index (χ2n) is 5.34. The van der Waals surface area contributed by atoms with Gasteiger partial charge in [-0.25, -0.2) is 0 Å². The Kier molecular flexibility index (Phi) is 10.1. The fourth-order valence-electron chi connectivity index (χ4n) is 2.83. The molecule has 0 bridgehead atoms. The minimum Gasteiger partial charge on any atom is -0.339 e. The van der Waals surface area contributed by atoms with Gasteiger partial charge >= 0.3 is 0 Å². The van der Waals surface area contributed by atoms with Crippen molar-refractivity contribution in [1.82, 2.24) is 4.90 Å². The number of halogens is 2. The topological polar surface area (TPSA) is 72.4 Å². The number of carbonyl (C=O) groups excluding carboxylic acids is 1. The first-order chi connectivity index (χ1) is 8.04. The molecule has 0 aromatic heterocycles. The summed E-state index contributed by atoms with van der Waals surface area (Å²) in [6, 6.07) is 0.306. The molecule has 0 aromatic rings. The number of rotatable bonds is 5. The van der Waals surface area contributed by atoms with Gasteiger partial charge in [0.15, 0.2) is 0 Å². The molecule has 6 heteroatoms. The predicted molar refractivity (Wildman–Crippen MR) is 84.9 cm³/mol. The van der Waals surface area contributed by atoms with Gasteiger partial charge < -0.3 is 16.4 Å². The van der Waals surface area contributed by atoms with Crippen molar-refractivity contribution in [2.24, 2.45) is 22.8 Å². The lowest BCUT2D eigenvalue weighted by Gasteiger charge is -2.35. The second kappa shape index (κ2) is 9.01. The first-order valence-corrected chi connectivity index (χ1v) is 6.75. The minimum atomic E-state index is -0.363. The molecule has 0 aliphatic carbocycles. The Bertz CT molecular complexity index is 264. The van der Waals surface area contributed by atoms with Gasteiger partial charge in [0.2, 0.25) is 5.91 Å². The smallest absolute Gasteiger partial charge is 0.230 e. The quantitative estimate of drug-likeness (QED) is 0.812. The van der Waals surface area contributed by atoms with E-state index in [1.54, 1.807) is 0 Å². The van der Waals surface area contributed by atoms with Crippen molar-refractivity contribution in [1.29, 1.82) is 0 Å². The Balaban J connectivity index is 0. The first kappa shape index (κ1) is 21.3. The standard InChI is InChI=1S/C13H27N3O.2ClH/c1-4-13(5-2,9-15)12(17)16-8-11(7-14)6-10(16)3;;/h10-11H,4-9,14-15H2,1-3H3;2*1H. The molecule has 4 N–H and O–H groups in total. The Hall–Kier alpha value is -0.0300. The lowest BCUT2D eigenvalue weighted by Crippen LogP contribution is -2.49. The number of amides is 1. The van der Waals surface area contributed by atoms with Crippen molar-refractivity contribution in [2.45, 2.75) is 46.1 Å². The van der Waals surface area contributed by atoms with Crippen molar-refractivity contribution < 1.29 is 4.79 Å². The SMILES string of the molecule is CCC(CC)(CN)C(=O)N1CC(CN)CC1C.Cl.Cl. The van der Waals surface area contributed by atoms with Crippen molar-refractivity contribution >= 4 is 30.7 Å². The van der Waals surface area contributed by atoms with Crippen LogP contribution in [0.15, 0.2) is 0 Å². The van der Waals surface area contributed by atoms with E-state index in [2.05, 4.69) is 20.8 Å². The van der Waals surface area contributed by atoms with E-state index >= 15 is 0 Å². The van der Waals surface area contributed by atoms with Gasteiger partial charge in [0.25, 0.3) is 0 Å². The normalized spacial score (nSPS) is 22.7. The third kappa shape index (κ3) is 4.22. The molecule has 1 rings (SSSR count). The zero-order valence-corrected chi connectivity index (χ0v) is 13.9. The molecule has 2 atom stereocenters. The Labute approximate surface area is 129 Å². The van der Waals surface area contributed by atoms with E-state index in [0.717, 1.165) is 25.8 Å². The van der Waals surface area contributed by atoms with Crippen LogP contribution in [0.5, 0.6) is 0 Å². The summed E-state index contributed by atoms with van der Waals surface area (Å²) in [5, 5.41) is 0. The molecule has 116 valence electrons. The van der Waals surface area contributed by atoms with Gasteiger partial charge in [-0.15, -0.1) is 24.8 Å². The van der Waals surface area contributed by atoms with Gasteiger partial charge in [0.1, 0.15) is 0 Å². The fraction of sp³-hybridized carbons (Fsp3) is 0.923. The van der Waals surface area contributed by atoms with Crippen LogP contribution in [0.3, 0.4) is 0 Å². The van der Waals surface area contributed by atoms with Gasteiger partial charge in [-0.1, -0.05) is 13.8 Å². The summed E-state index contributed by atoms with van der Waals surface area (Å²) in [6.45, 7) is 8.13. The third-order valence-electron chi connectivity index (χ3n) is 4.45. The second-order valence-corrected chi connectivity index (χ2v) is 5.34. The van der Waals surface area contributed by atoms with E-state index in [0.29, 0.717) is 25.0 Å². The number of nitrogens with two attached hydrogens (primary N) is 2. The number of nitrogens with zero attached hydrogens (tertiary/aromatic N) is 1. The average molecular weight is 314 g/mol. The summed E-state index contributed by atoms with van der Waals surface area (Å²) in [5.74, 6) is 0.687. The molecule has 1 saturated heterocycles. The zero-order chi connectivity index (χ0) is 13.1. The summed E-state index contributed by atoms with van der Waals surface area (Å²) in [5.41, 5.74) is 11.2. The van der Waals surface area contributed by atoms with Crippen LogP contribution in [0.4, 0.5) is 0 Å². The van der Waals surface area contributed by atoms with Crippen molar-refractivity contribution in [3.05, 3.63) is 0 Å². The highest BCUT2D eigenvalue weighted by Gasteiger charge is 2.41. The van der Waals surface area contributed by atoms with Crippen LogP contribution in [-0.4, -0.2) is 36.5 Å². The van der Waals surface area contributed by atoms with Crippen molar-refractivity contribution in [2.75, 3.05) is 19.6 Å². The maximum Gasteiger partial charge on any atom is 0.230 e. The molecule has 1 aliphatic rings. The predicted octanol–water partition coefficient (Wildman–Crippen LogP) is 1.79. The van der Waals surface area contributed by atoms with E-state index in [4.69, 9.17) is 11.5 Å². The molecule has 4 nitrogen and oxygen atoms in total. The van der Waals surface area contributed by atoms with Crippen LogP contribution in [0.1, 0.15) is 40.0 Å². The Morgan fingerprint density at radius 3 is 2.11 bits per heavy atom. The molecular formula is C13H29Cl2N3O. The molecule has 1 fully saturated rings. The molecule has 1 amide bonds. The third-order valence-corrected chi connectivity index (χ3v) is 4.45. The summed E-state index contributed by atoms with van der Waals surface area (Å²) in [6.07, 6.45) is 2.65. The van der Waals surface area contributed by atoms with Gasteiger partial charge in [-0.3, -0.25) is 4.79 Å². The molecular weight excluding hydrogens is 285 g/mol. The van der Waals surface area contributed by atoms with Crippen LogP contribution in [0.2, 0.25) is 0 Å². The first-order valence-electron chi connectivity index (χ1n) is 6.75. The zero-order valence-electron chi connectivity index (χ0n) is 12.2. The van der Waals surface area contributed by atoms with Gasteiger partial charge in [0, 0.05) is 19.1 Å². The molecule has 0 aromatic carbocycles. The average Bonchev–Trinajstić information content (AvgIpc) is 2.73. The number of hydrogen-bond acceptors (Lipinski definition) is 3. The molecule has 1 aliphatic heterocycles. The maximum atomic E-state index is 12.6. The molecule has 1 heterocycles. The number of hydrogen-bond donors (Lipinski definition) is 2. The largest absolute Gasteiger partial charge is 0.339 e. The fourth-order valence-corrected chi connectivity index (χ4v) is 2.83. The van der Waals surface area contributed by atoms with Crippen molar-refractivity contribution in [3.8, 4) is 0 Å². The summed E-state index contributed by atoms with van der Waals surface area (Å²) in [4.78, 5) is 14.6. The molecule has 0 radical (unpaired) electrons. The van der Waals surface area contributed by atoms with Crippen LogP contribution in [0, 0.1) is 11.3 Å². The van der Waals surface area contributed by atoms with E-state index in [1.807, 2.05) is 4.90 Å². The highest BCUT2D eigenvalue weighted by Crippen LogP contribution is 2.32. The van der Waals surface area contributed by atoms with Crippen molar-refractivity contribution in [3.63, 3.8) is 0 Å². The highest BCUT2D eigenvalue weighted by molar-refractivity contribution is 5.85. The van der Waals surface area contributed by atoms with Crippen LogP contribution >= 0.6 is 24.8 Å². The lowest BCUT2D eigenvalue weighted by atomic mass is 9.81. The number of carbonyl (C=O) groups is 1. The van der Waals surface area contributed by atoms with E-state index in [-0.39, 0.29) is 36.1 Å². The molecule has 19 heavy (non-hydrogen) atoms. The number of likely N-dealkylation sites (tertiary alicyclic amines) is 1. The van der Waals surface area contributed by atoms with Crippen LogP contribution < -0.4 is 11.5 Å². The Morgan fingerprint density at radius 1 is 1.26 bits per heavy atom. The van der Waals surface area contributed by atoms with Gasteiger partial charge in [-0.2, -0.15) is 0 Å². The summed E-state index contributed by atoms with van der Waals surface area (Å²) < 4.78 is 0. The van der Waals surface area contributed by atoms with Crippen LogP contribution in [-0.2, 0) is 4.79 Å². The summed E-state index contributed by atoms with van der Waals surface area (Å²) >= 11 is 0. The molecule has 0 spiro atoms.